The van der Waals surface area contributed by atoms with Crippen molar-refractivity contribution < 1.29 is 0 Å². The monoisotopic (exact) mass is 408 g/mol. The van der Waals surface area contributed by atoms with Crippen LogP contribution in [0.1, 0.15) is 17.3 Å². The molecular weight excluding hydrogens is 395 g/mol. The molecule has 1 unspecified atom stereocenters. The smallest absolute Gasteiger partial charge is 0.0705 e. The maximum absolute atomic E-state index is 6.29. The summed E-state index contributed by atoms with van der Waals surface area (Å²) in [5, 5.41) is 1.89. The van der Waals surface area contributed by atoms with Crippen LogP contribution in [-0.4, -0.2) is 4.98 Å². The summed E-state index contributed by atoms with van der Waals surface area (Å²) in [6.07, 6.45) is 0.696. The van der Waals surface area contributed by atoms with Gasteiger partial charge in [-0.05, 0) is 52.4 Å². The minimum atomic E-state index is -0.104. The Labute approximate surface area is 142 Å². The average Bonchev–Trinajstić information content (AvgIpc) is 2.50. The van der Waals surface area contributed by atoms with Gasteiger partial charge in [0.15, 0.2) is 0 Å². The minimum absolute atomic E-state index is 0.104. The van der Waals surface area contributed by atoms with Crippen LogP contribution in [0, 0.1) is 3.57 Å². The van der Waals surface area contributed by atoms with Gasteiger partial charge < -0.3 is 5.73 Å². The van der Waals surface area contributed by atoms with Crippen LogP contribution in [0.4, 0.5) is 0 Å². The van der Waals surface area contributed by atoms with Gasteiger partial charge in [0.2, 0.25) is 0 Å². The molecule has 2 aromatic carbocycles. The number of hydrogen-bond acceptors (Lipinski definition) is 2. The van der Waals surface area contributed by atoms with Crippen LogP contribution >= 0.6 is 34.2 Å². The zero-order valence-electron chi connectivity index (χ0n) is 11.3. The Morgan fingerprint density at radius 1 is 1.10 bits per heavy atom. The van der Waals surface area contributed by atoms with Crippen LogP contribution in [0.15, 0.2) is 54.6 Å². The van der Waals surface area contributed by atoms with Crippen molar-refractivity contribution in [3.63, 3.8) is 0 Å². The number of halogens is 2. The third kappa shape index (κ3) is 3.36. The SMILES string of the molecule is NC(Cc1ccc2ccccc2n1)c1ccc(I)c(Cl)c1. The Bertz CT molecular complexity index is 789. The van der Waals surface area contributed by atoms with Crippen molar-refractivity contribution in [2.45, 2.75) is 12.5 Å². The number of pyridine rings is 1. The Hall–Kier alpha value is -1.17. The lowest BCUT2D eigenvalue weighted by atomic mass is 10.0. The van der Waals surface area contributed by atoms with Crippen molar-refractivity contribution in [1.29, 1.82) is 0 Å². The lowest BCUT2D eigenvalue weighted by molar-refractivity contribution is 0.709. The summed E-state index contributed by atoms with van der Waals surface area (Å²) in [5.41, 5.74) is 9.33. The van der Waals surface area contributed by atoms with E-state index in [9.17, 15) is 0 Å². The zero-order valence-corrected chi connectivity index (χ0v) is 14.2. The first-order chi connectivity index (χ1) is 10.1. The van der Waals surface area contributed by atoms with Gasteiger partial charge in [0, 0.05) is 27.1 Å². The maximum Gasteiger partial charge on any atom is 0.0705 e. The van der Waals surface area contributed by atoms with Crippen LogP contribution in [0.3, 0.4) is 0 Å². The normalized spacial score (nSPS) is 12.5. The molecule has 0 radical (unpaired) electrons. The molecule has 0 aliphatic heterocycles. The molecule has 3 aromatic rings. The molecular formula is C17H14ClIN2. The van der Waals surface area contributed by atoms with Crippen LogP contribution < -0.4 is 5.73 Å². The van der Waals surface area contributed by atoms with Crippen LogP contribution in [-0.2, 0) is 6.42 Å². The number of fused-ring (bicyclic) bond motifs is 1. The quantitative estimate of drug-likeness (QED) is 0.636. The first kappa shape index (κ1) is 14.8. The van der Waals surface area contributed by atoms with Gasteiger partial charge in [-0.2, -0.15) is 0 Å². The standard InChI is InChI=1S/C17H14ClIN2/c18-14-9-12(6-8-15(14)19)16(20)10-13-7-5-11-3-1-2-4-17(11)21-13/h1-9,16H,10,20H2. The Morgan fingerprint density at radius 3 is 2.71 bits per heavy atom. The van der Waals surface area contributed by atoms with Crippen molar-refractivity contribution >= 4 is 45.1 Å². The fourth-order valence-electron chi connectivity index (χ4n) is 2.31. The van der Waals surface area contributed by atoms with E-state index < -0.39 is 0 Å². The molecule has 0 amide bonds. The summed E-state index contributed by atoms with van der Waals surface area (Å²) in [7, 11) is 0. The number of nitrogens with two attached hydrogens (primary N) is 1. The number of nitrogens with zero attached hydrogens (tertiary/aromatic N) is 1. The van der Waals surface area contributed by atoms with Gasteiger partial charge in [0.05, 0.1) is 10.5 Å². The molecule has 0 aliphatic carbocycles. The highest BCUT2D eigenvalue weighted by Gasteiger charge is 2.10. The first-order valence-corrected chi connectivity index (χ1v) is 8.14. The maximum atomic E-state index is 6.29. The van der Waals surface area contributed by atoms with Gasteiger partial charge in [-0.25, -0.2) is 0 Å². The van der Waals surface area contributed by atoms with Gasteiger partial charge in [0.25, 0.3) is 0 Å². The molecule has 0 saturated heterocycles. The van der Waals surface area contributed by atoms with Crippen LogP contribution in [0.2, 0.25) is 5.02 Å². The van der Waals surface area contributed by atoms with Crippen molar-refractivity contribution in [2.24, 2.45) is 5.73 Å². The molecule has 1 atom stereocenters. The number of para-hydroxylation sites is 1. The third-order valence-electron chi connectivity index (χ3n) is 3.46. The second kappa shape index (κ2) is 6.30. The Morgan fingerprint density at radius 2 is 1.90 bits per heavy atom. The Balaban J connectivity index is 1.85. The molecule has 21 heavy (non-hydrogen) atoms. The molecule has 0 fully saturated rings. The highest BCUT2D eigenvalue weighted by atomic mass is 127. The molecule has 2 N–H and O–H groups in total. The second-order valence-electron chi connectivity index (χ2n) is 4.98. The largest absolute Gasteiger partial charge is 0.324 e. The molecule has 3 rings (SSSR count). The summed E-state index contributed by atoms with van der Waals surface area (Å²) < 4.78 is 1.04. The lowest BCUT2D eigenvalue weighted by Gasteiger charge is -2.13. The van der Waals surface area contributed by atoms with E-state index in [2.05, 4.69) is 39.7 Å². The predicted octanol–water partition coefficient (Wildman–Crippen LogP) is 4.74. The molecule has 0 spiro atoms. The third-order valence-corrected chi connectivity index (χ3v) is 5.03. The number of benzene rings is 2. The fourth-order valence-corrected chi connectivity index (χ4v) is 2.83. The van der Waals surface area contributed by atoms with Crippen molar-refractivity contribution in [3.8, 4) is 0 Å². The average molecular weight is 409 g/mol. The van der Waals surface area contributed by atoms with Crippen LogP contribution in [0.5, 0.6) is 0 Å². The molecule has 1 heterocycles. The van der Waals surface area contributed by atoms with E-state index in [0.29, 0.717) is 6.42 Å². The van der Waals surface area contributed by atoms with Gasteiger partial charge in [0.1, 0.15) is 0 Å². The molecule has 0 saturated carbocycles. The molecule has 2 nitrogen and oxygen atoms in total. The number of aromatic nitrogens is 1. The van der Waals surface area contributed by atoms with E-state index in [1.807, 2.05) is 42.5 Å². The van der Waals surface area contributed by atoms with Crippen LogP contribution in [0.25, 0.3) is 10.9 Å². The summed E-state index contributed by atoms with van der Waals surface area (Å²) in [5.74, 6) is 0. The molecule has 106 valence electrons. The van der Waals surface area contributed by atoms with E-state index in [-0.39, 0.29) is 6.04 Å². The molecule has 0 aliphatic rings. The minimum Gasteiger partial charge on any atom is -0.324 e. The fraction of sp³-hybridized carbons (Fsp3) is 0.118. The van der Waals surface area contributed by atoms with Gasteiger partial charge >= 0.3 is 0 Å². The van der Waals surface area contributed by atoms with E-state index in [1.54, 1.807) is 0 Å². The van der Waals surface area contributed by atoms with Gasteiger partial charge in [-0.3, -0.25) is 4.98 Å². The topological polar surface area (TPSA) is 38.9 Å². The first-order valence-electron chi connectivity index (χ1n) is 6.69. The van der Waals surface area contributed by atoms with Gasteiger partial charge in [-0.1, -0.05) is 41.9 Å². The summed E-state index contributed by atoms with van der Waals surface area (Å²) in [4.78, 5) is 4.67. The van der Waals surface area contributed by atoms with E-state index >= 15 is 0 Å². The Kier molecular flexibility index (Phi) is 4.42. The highest BCUT2D eigenvalue weighted by molar-refractivity contribution is 14.1. The second-order valence-corrected chi connectivity index (χ2v) is 6.55. The summed E-state index contributed by atoms with van der Waals surface area (Å²) in [6, 6.07) is 18.1. The van der Waals surface area contributed by atoms with Crippen molar-refractivity contribution in [1.82, 2.24) is 4.98 Å². The number of hydrogen-bond donors (Lipinski definition) is 1. The molecule has 1 aromatic heterocycles. The highest BCUT2D eigenvalue weighted by Crippen LogP contribution is 2.24. The van der Waals surface area contributed by atoms with Gasteiger partial charge in [-0.15, -0.1) is 0 Å². The van der Waals surface area contributed by atoms with E-state index in [0.717, 1.165) is 30.8 Å². The molecule has 4 heteroatoms. The zero-order chi connectivity index (χ0) is 14.8. The van der Waals surface area contributed by atoms with E-state index in [1.165, 1.54) is 0 Å². The molecule has 0 bridgehead atoms. The van der Waals surface area contributed by atoms with E-state index in [4.69, 9.17) is 17.3 Å². The van der Waals surface area contributed by atoms with Crippen molar-refractivity contribution in [3.05, 3.63) is 74.4 Å². The lowest BCUT2D eigenvalue weighted by Crippen LogP contribution is -2.14. The van der Waals surface area contributed by atoms with Crippen molar-refractivity contribution in [2.75, 3.05) is 0 Å². The number of rotatable bonds is 3. The summed E-state index contributed by atoms with van der Waals surface area (Å²) >= 11 is 8.37. The summed E-state index contributed by atoms with van der Waals surface area (Å²) in [6.45, 7) is 0. The predicted molar refractivity (Wildman–Crippen MR) is 96.5 cm³/mol.